The van der Waals surface area contributed by atoms with Crippen molar-refractivity contribution in [3.05, 3.63) is 0 Å². The summed E-state index contributed by atoms with van der Waals surface area (Å²) in [6.07, 6.45) is 3.75. The Morgan fingerprint density at radius 3 is 2.17 bits per heavy atom. The van der Waals surface area contributed by atoms with Crippen molar-refractivity contribution in [3.8, 4) is 0 Å². The zero-order valence-electron chi connectivity index (χ0n) is 12.2. The summed E-state index contributed by atoms with van der Waals surface area (Å²) in [5, 5.41) is 0. The number of ketones is 1. The number of carbonyl (C=O) groups excluding carboxylic acids is 2. The maximum absolute atomic E-state index is 12.2. The van der Waals surface area contributed by atoms with Crippen molar-refractivity contribution in [1.82, 2.24) is 4.90 Å². The number of likely N-dealkylation sites (N-methyl/N-ethyl adjacent to an activating group) is 1. The molecule has 0 heterocycles. The van der Waals surface area contributed by atoms with Crippen LogP contribution in [0.2, 0.25) is 0 Å². The van der Waals surface area contributed by atoms with Crippen LogP contribution < -0.4 is 0 Å². The number of hydrogen-bond acceptors (Lipinski definition) is 3. The van der Waals surface area contributed by atoms with Crippen molar-refractivity contribution >= 4 is 11.9 Å². The van der Waals surface area contributed by atoms with E-state index in [0.717, 1.165) is 25.7 Å². The maximum atomic E-state index is 12.2. The molecule has 1 amide bonds. The molecule has 0 aromatic carbocycles. The lowest BCUT2D eigenvalue weighted by molar-refractivity contribution is -0.127. The van der Waals surface area contributed by atoms with Gasteiger partial charge >= 0.3 is 6.09 Å². The van der Waals surface area contributed by atoms with E-state index in [1.54, 1.807) is 14.0 Å². The van der Waals surface area contributed by atoms with E-state index >= 15 is 0 Å². The number of Topliss-reactive ketones (excluding diaryl/α,β-unsaturated/α-hetero) is 1. The summed E-state index contributed by atoms with van der Waals surface area (Å²) in [4.78, 5) is 25.5. The van der Waals surface area contributed by atoms with Gasteiger partial charge in [0.25, 0.3) is 0 Å². The van der Waals surface area contributed by atoms with E-state index in [2.05, 4.69) is 0 Å². The Hall–Kier alpha value is -1.06. The van der Waals surface area contributed by atoms with E-state index in [-0.39, 0.29) is 11.7 Å². The molecule has 1 aliphatic carbocycles. The van der Waals surface area contributed by atoms with Crippen LogP contribution in [0.15, 0.2) is 0 Å². The third-order valence-corrected chi connectivity index (χ3v) is 3.43. The first-order chi connectivity index (χ1) is 8.22. The Kier molecular flexibility index (Phi) is 4.77. The Morgan fingerprint density at radius 2 is 1.72 bits per heavy atom. The Bertz CT molecular complexity index is 313. The average Bonchev–Trinajstić information content (AvgIpc) is 2.77. The van der Waals surface area contributed by atoms with Gasteiger partial charge in [-0.15, -0.1) is 0 Å². The second kappa shape index (κ2) is 5.72. The summed E-state index contributed by atoms with van der Waals surface area (Å²) in [7, 11) is 1.63. The van der Waals surface area contributed by atoms with Gasteiger partial charge in [0, 0.05) is 13.0 Å². The minimum Gasteiger partial charge on any atom is -0.444 e. The van der Waals surface area contributed by atoms with Gasteiger partial charge in [-0.3, -0.25) is 4.79 Å². The first kappa shape index (κ1) is 15.0. The first-order valence-corrected chi connectivity index (χ1v) is 6.72. The molecule has 4 heteroatoms. The van der Waals surface area contributed by atoms with Crippen molar-refractivity contribution in [3.63, 3.8) is 0 Å². The number of ether oxygens (including phenoxy) is 1. The number of amides is 1. The molecule has 0 aromatic rings. The third-order valence-electron chi connectivity index (χ3n) is 3.43. The zero-order chi connectivity index (χ0) is 13.9. The van der Waals surface area contributed by atoms with Crippen molar-refractivity contribution in [2.45, 2.75) is 65.0 Å². The summed E-state index contributed by atoms with van der Waals surface area (Å²) in [5.74, 6) is 0.297. The average molecular weight is 255 g/mol. The van der Waals surface area contributed by atoms with Crippen LogP contribution in [0.1, 0.15) is 53.4 Å². The lowest BCUT2D eigenvalue weighted by atomic mass is 9.97. The Labute approximate surface area is 110 Å². The molecule has 0 spiro atoms. The molecule has 4 nitrogen and oxygen atoms in total. The number of hydrogen-bond donors (Lipinski definition) is 0. The van der Waals surface area contributed by atoms with Gasteiger partial charge in [-0.05, 0) is 40.5 Å². The van der Waals surface area contributed by atoms with Crippen LogP contribution in [-0.4, -0.2) is 35.5 Å². The molecule has 1 atom stereocenters. The molecule has 1 aliphatic rings. The van der Waals surface area contributed by atoms with Crippen molar-refractivity contribution in [1.29, 1.82) is 0 Å². The maximum Gasteiger partial charge on any atom is 0.410 e. The molecule has 0 bridgehead atoms. The van der Waals surface area contributed by atoms with Gasteiger partial charge in [0.2, 0.25) is 0 Å². The zero-order valence-corrected chi connectivity index (χ0v) is 12.2. The SMILES string of the molecule is CC(C(=O)C1CCCC1)N(C)C(=O)OC(C)(C)C. The monoisotopic (exact) mass is 255 g/mol. The van der Waals surface area contributed by atoms with E-state index in [4.69, 9.17) is 4.74 Å². The predicted molar refractivity (Wildman–Crippen MR) is 70.4 cm³/mol. The van der Waals surface area contributed by atoms with Crippen LogP contribution in [0, 0.1) is 5.92 Å². The minimum atomic E-state index is -0.526. The summed E-state index contributed by atoms with van der Waals surface area (Å²) in [6, 6.07) is -0.400. The fraction of sp³-hybridized carbons (Fsp3) is 0.857. The Balaban J connectivity index is 2.56. The molecule has 104 valence electrons. The molecule has 18 heavy (non-hydrogen) atoms. The summed E-state index contributed by atoms with van der Waals surface area (Å²) in [6.45, 7) is 7.25. The standard InChI is InChI=1S/C14H25NO3/c1-10(12(16)11-8-6-7-9-11)15(5)13(17)18-14(2,3)4/h10-11H,6-9H2,1-5H3. The summed E-state index contributed by atoms with van der Waals surface area (Å²) in [5.41, 5.74) is -0.526. The minimum absolute atomic E-state index is 0.130. The van der Waals surface area contributed by atoms with Crippen LogP contribution >= 0.6 is 0 Å². The Morgan fingerprint density at radius 1 is 1.22 bits per heavy atom. The van der Waals surface area contributed by atoms with Crippen LogP contribution in [-0.2, 0) is 9.53 Å². The van der Waals surface area contributed by atoms with E-state index < -0.39 is 17.7 Å². The van der Waals surface area contributed by atoms with Gasteiger partial charge in [-0.25, -0.2) is 4.79 Å². The molecule has 1 fully saturated rings. The van der Waals surface area contributed by atoms with Gasteiger partial charge in [0.15, 0.2) is 5.78 Å². The van der Waals surface area contributed by atoms with Gasteiger partial charge in [0.05, 0.1) is 6.04 Å². The van der Waals surface area contributed by atoms with Gasteiger partial charge in [0.1, 0.15) is 5.60 Å². The quantitative estimate of drug-likeness (QED) is 0.778. The van der Waals surface area contributed by atoms with Gasteiger partial charge in [-0.1, -0.05) is 12.8 Å². The highest BCUT2D eigenvalue weighted by molar-refractivity contribution is 5.89. The van der Waals surface area contributed by atoms with Gasteiger partial charge < -0.3 is 9.64 Å². The number of rotatable bonds is 3. The third kappa shape index (κ3) is 4.00. The second-order valence-electron chi connectivity index (χ2n) is 6.15. The highest BCUT2D eigenvalue weighted by Gasteiger charge is 2.32. The van der Waals surface area contributed by atoms with Crippen LogP contribution in [0.25, 0.3) is 0 Å². The summed E-state index contributed by atoms with van der Waals surface area (Å²) >= 11 is 0. The highest BCUT2D eigenvalue weighted by atomic mass is 16.6. The molecule has 1 rings (SSSR count). The molecular weight excluding hydrogens is 230 g/mol. The van der Waals surface area contributed by atoms with Crippen molar-refractivity contribution < 1.29 is 14.3 Å². The number of carbonyl (C=O) groups is 2. The smallest absolute Gasteiger partial charge is 0.410 e. The fourth-order valence-electron chi connectivity index (χ4n) is 2.23. The van der Waals surface area contributed by atoms with Crippen LogP contribution in [0.4, 0.5) is 4.79 Å². The van der Waals surface area contributed by atoms with Gasteiger partial charge in [-0.2, -0.15) is 0 Å². The molecule has 0 aromatic heterocycles. The van der Waals surface area contributed by atoms with Crippen molar-refractivity contribution in [2.24, 2.45) is 5.92 Å². The second-order valence-corrected chi connectivity index (χ2v) is 6.15. The molecule has 0 saturated heterocycles. The lowest BCUT2D eigenvalue weighted by Crippen LogP contribution is -2.44. The molecular formula is C14H25NO3. The number of nitrogens with zero attached hydrogens (tertiary/aromatic N) is 1. The van der Waals surface area contributed by atoms with E-state index in [1.807, 2.05) is 20.8 Å². The van der Waals surface area contributed by atoms with E-state index in [0.29, 0.717) is 0 Å². The molecule has 1 unspecified atom stereocenters. The van der Waals surface area contributed by atoms with Crippen LogP contribution in [0.3, 0.4) is 0 Å². The normalized spacial score (nSPS) is 18.5. The molecule has 0 radical (unpaired) electrons. The van der Waals surface area contributed by atoms with E-state index in [1.165, 1.54) is 4.90 Å². The van der Waals surface area contributed by atoms with E-state index in [9.17, 15) is 9.59 Å². The molecule has 0 aliphatic heterocycles. The topological polar surface area (TPSA) is 46.6 Å². The van der Waals surface area contributed by atoms with Crippen LogP contribution in [0.5, 0.6) is 0 Å². The predicted octanol–water partition coefficient (Wildman–Crippen LogP) is 3.00. The fourth-order valence-corrected chi connectivity index (χ4v) is 2.23. The molecule has 1 saturated carbocycles. The summed E-state index contributed by atoms with van der Waals surface area (Å²) < 4.78 is 5.27. The van der Waals surface area contributed by atoms with Crippen molar-refractivity contribution in [2.75, 3.05) is 7.05 Å². The largest absolute Gasteiger partial charge is 0.444 e. The highest BCUT2D eigenvalue weighted by Crippen LogP contribution is 2.27. The lowest BCUT2D eigenvalue weighted by Gasteiger charge is -2.29. The first-order valence-electron chi connectivity index (χ1n) is 6.72. The molecule has 0 N–H and O–H groups in total.